The summed E-state index contributed by atoms with van der Waals surface area (Å²) in [4.78, 5) is 29.3. The second kappa shape index (κ2) is 9.70. The molecular formula is C27H38N4O2. The van der Waals surface area contributed by atoms with Crippen molar-refractivity contribution >= 4 is 17.5 Å². The minimum Gasteiger partial charge on any atom is -0.351 e. The molecule has 0 bridgehead atoms. The number of hydrogen-bond donors (Lipinski definition) is 1. The number of amides is 2. The lowest BCUT2D eigenvalue weighted by Crippen LogP contribution is -2.65. The van der Waals surface area contributed by atoms with E-state index in [-0.39, 0.29) is 23.8 Å². The smallest absolute Gasteiger partial charge is 0.277 e. The molecule has 2 aromatic rings. The van der Waals surface area contributed by atoms with Crippen LogP contribution < -0.4 is 10.2 Å². The second-order valence-corrected chi connectivity index (χ2v) is 10.2. The van der Waals surface area contributed by atoms with Crippen molar-refractivity contribution in [2.45, 2.75) is 103 Å². The number of aromatic nitrogens is 2. The van der Waals surface area contributed by atoms with Gasteiger partial charge in [-0.2, -0.15) is 5.10 Å². The Hall–Kier alpha value is -2.63. The number of nitrogens with one attached hydrogen (secondary N) is 1. The highest BCUT2D eigenvalue weighted by molar-refractivity contribution is 6.11. The van der Waals surface area contributed by atoms with Gasteiger partial charge in [0.15, 0.2) is 0 Å². The summed E-state index contributed by atoms with van der Waals surface area (Å²) in [6.07, 6.45) is 8.97. The van der Waals surface area contributed by atoms with Gasteiger partial charge in [-0.1, -0.05) is 65.0 Å². The first-order chi connectivity index (χ1) is 15.8. The van der Waals surface area contributed by atoms with Crippen molar-refractivity contribution in [2.24, 2.45) is 0 Å². The molecule has 4 rings (SSSR count). The number of carbonyl (C=O) groups is 2. The van der Waals surface area contributed by atoms with Crippen molar-refractivity contribution in [2.75, 3.05) is 4.90 Å². The Bertz CT molecular complexity index is 986. The molecule has 6 nitrogen and oxygen atoms in total. The van der Waals surface area contributed by atoms with Gasteiger partial charge in [0.05, 0.1) is 12.2 Å². The zero-order valence-corrected chi connectivity index (χ0v) is 20.6. The first kappa shape index (κ1) is 23.5. The van der Waals surface area contributed by atoms with Crippen LogP contribution in [0.4, 0.5) is 5.69 Å². The highest BCUT2D eigenvalue weighted by atomic mass is 16.2. The molecule has 0 radical (unpaired) electrons. The molecule has 1 aliphatic heterocycles. The third kappa shape index (κ3) is 4.71. The number of rotatable bonds is 5. The predicted octanol–water partition coefficient (Wildman–Crippen LogP) is 5.22. The van der Waals surface area contributed by atoms with Crippen LogP contribution in [0.5, 0.6) is 0 Å². The molecule has 33 heavy (non-hydrogen) atoms. The average Bonchev–Trinajstić information content (AvgIpc) is 3.20. The highest BCUT2D eigenvalue weighted by Gasteiger charge is 2.49. The lowest BCUT2D eigenvalue weighted by atomic mass is 9.91. The summed E-state index contributed by atoms with van der Waals surface area (Å²) in [5.41, 5.74) is 2.33. The van der Waals surface area contributed by atoms with Gasteiger partial charge in [0, 0.05) is 11.7 Å². The topological polar surface area (TPSA) is 67.2 Å². The number of fused-ring (bicyclic) bond motifs is 1. The molecule has 1 atom stereocenters. The third-order valence-electron chi connectivity index (χ3n) is 7.30. The maximum absolute atomic E-state index is 13.8. The molecule has 1 aromatic heterocycles. The molecule has 1 N–H and O–H groups in total. The van der Waals surface area contributed by atoms with Crippen LogP contribution in [0.1, 0.15) is 100 Å². The van der Waals surface area contributed by atoms with Gasteiger partial charge in [-0.3, -0.25) is 19.2 Å². The van der Waals surface area contributed by atoms with Crippen molar-refractivity contribution in [3.63, 3.8) is 0 Å². The zero-order chi connectivity index (χ0) is 23.6. The summed E-state index contributed by atoms with van der Waals surface area (Å²) in [6, 6.07) is 10.1. The van der Waals surface area contributed by atoms with Crippen LogP contribution in [-0.2, 0) is 17.8 Å². The van der Waals surface area contributed by atoms with Crippen LogP contribution in [0.2, 0.25) is 0 Å². The molecule has 0 spiro atoms. The summed E-state index contributed by atoms with van der Waals surface area (Å²) >= 11 is 0. The monoisotopic (exact) mass is 450 g/mol. The van der Waals surface area contributed by atoms with E-state index >= 15 is 0 Å². The Kier molecular flexibility index (Phi) is 6.91. The summed E-state index contributed by atoms with van der Waals surface area (Å²) in [7, 11) is 0. The first-order valence-corrected chi connectivity index (χ1v) is 12.7. The van der Waals surface area contributed by atoms with E-state index in [0.29, 0.717) is 12.2 Å². The molecule has 1 aliphatic carbocycles. The van der Waals surface area contributed by atoms with Gasteiger partial charge in [-0.15, -0.1) is 0 Å². The average molecular weight is 451 g/mol. The quantitative estimate of drug-likeness (QED) is 0.679. The zero-order valence-electron chi connectivity index (χ0n) is 20.6. The fourth-order valence-corrected chi connectivity index (χ4v) is 5.11. The van der Waals surface area contributed by atoms with Crippen molar-refractivity contribution < 1.29 is 9.59 Å². The SMILES string of the molecule is CCc1ccc(N2C(=O)c3cc(C(C)C)nn3C[C@@]2(C)C(=O)NC2CCCCCCC2)cc1. The molecule has 1 saturated carbocycles. The molecule has 0 unspecified atom stereocenters. The van der Waals surface area contributed by atoms with Crippen molar-refractivity contribution in [1.82, 2.24) is 15.1 Å². The fourth-order valence-electron chi connectivity index (χ4n) is 5.11. The predicted molar refractivity (Wildman–Crippen MR) is 132 cm³/mol. The number of carbonyl (C=O) groups excluding carboxylic acids is 2. The molecule has 1 aromatic carbocycles. The number of nitrogens with zero attached hydrogens (tertiary/aromatic N) is 3. The molecular weight excluding hydrogens is 412 g/mol. The van der Waals surface area contributed by atoms with E-state index in [1.165, 1.54) is 24.8 Å². The minimum absolute atomic E-state index is 0.0896. The van der Waals surface area contributed by atoms with E-state index in [1.807, 2.05) is 37.3 Å². The van der Waals surface area contributed by atoms with Gasteiger partial charge >= 0.3 is 0 Å². The lowest BCUT2D eigenvalue weighted by molar-refractivity contribution is -0.127. The number of benzene rings is 1. The largest absolute Gasteiger partial charge is 0.351 e. The van der Waals surface area contributed by atoms with Crippen LogP contribution in [0, 0.1) is 0 Å². The Balaban J connectivity index is 1.70. The van der Waals surface area contributed by atoms with Gasteiger partial charge in [0.25, 0.3) is 5.91 Å². The Morgan fingerprint density at radius 3 is 2.36 bits per heavy atom. The summed E-state index contributed by atoms with van der Waals surface area (Å²) < 4.78 is 1.74. The number of hydrogen-bond acceptors (Lipinski definition) is 3. The van der Waals surface area contributed by atoms with Crippen LogP contribution >= 0.6 is 0 Å². The van der Waals surface area contributed by atoms with E-state index in [2.05, 4.69) is 26.1 Å². The summed E-state index contributed by atoms with van der Waals surface area (Å²) in [6.45, 7) is 8.48. The lowest BCUT2D eigenvalue weighted by Gasteiger charge is -2.44. The van der Waals surface area contributed by atoms with Gasteiger partial charge in [0.1, 0.15) is 11.2 Å². The van der Waals surface area contributed by atoms with E-state index in [1.54, 1.807) is 9.58 Å². The van der Waals surface area contributed by atoms with Crippen LogP contribution in [0.3, 0.4) is 0 Å². The number of anilines is 1. The van der Waals surface area contributed by atoms with Gasteiger partial charge < -0.3 is 5.32 Å². The Morgan fingerprint density at radius 2 is 1.76 bits per heavy atom. The molecule has 1 fully saturated rings. The molecule has 0 saturated heterocycles. The number of aryl methyl sites for hydroxylation is 1. The summed E-state index contributed by atoms with van der Waals surface area (Å²) in [5, 5.41) is 8.02. The van der Waals surface area contributed by atoms with Crippen LogP contribution in [0.15, 0.2) is 30.3 Å². The first-order valence-electron chi connectivity index (χ1n) is 12.7. The van der Waals surface area contributed by atoms with E-state index in [4.69, 9.17) is 5.10 Å². The van der Waals surface area contributed by atoms with Gasteiger partial charge in [0.2, 0.25) is 5.91 Å². The third-order valence-corrected chi connectivity index (χ3v) is 7.30. The summed E-state index contributed by atoms with van der Waals surface area (Å²) in [5.74, 6) is -0.0448. The molecule has 2 amide bonds. The van der Waals surface area contributed by atoms with Crippen molar-refractivity contribution in [3.05, 3.63) is 47.3 Å². The molecule has 2 heterocycles. The van der Waals surface area contributed by atoms with E-state index in [0.717, 1.165) is 43.5 Å². The Labute approximate surface area is 197 Å². The van der Waals surface area contributed by atoms with Crippen LogP contribution in [0.25, 0.3) is 0 Å². The normalized spacial score (nSPS) is 22.1. The standard InChI is InChI=1S/C27H38N4O2/c1-5-20-13-15-22(16-14-20)31-25(32)24-17-23(19(2)3)29-30(24)18-27(31,4)26(33)28-21-11-9-7-6-8-10-12-21/h13-17,19,21H,5-12,18H2,1-4H3,(H,28,33)/t27-/m0/s1. The van der Waals surface area contributed by atoms with Gasteiger partial charge in [-0.25, -0.2) is 0 Å². The van der Waals surface area contributed by atoms with Crippen molar-refractivity contribution in [3.8, 4) is 0 Å². The Morgan fingerprint density at radius 1 is 1.12 bits per heavy atom. The molecule has 2 aliphatic rings. The van der Waals surface area contributed by atoms with E-state index in [9.17, 15) is 9.59 Å². The molecule has 6 heteroatoms. The highest BCUT2D eigenvalue weighted by Crippen LogP contribution is 2.34. The van der Waals surface area contributed by atoms with Crippen molar-refractivity contribution in [1.29, 1.82) is 0 Å². The fraction of sp³-hybridized carbons (Fsp3) is 0.593. The minimum atomic E-state index is -1.06. The van der Waals surface area contributed by atoms with Gasteiger partial charge in [-0.05, 0) is 55.9 Å². The maximum Gasteiger partial charge on any atom is 0.277 e. The van der Waals surface area contributed by atoms with E-state index < -0.39 is 5.54 Å². The maximum atomic E-state index is 13.8. The molecule has 178 valence electrons. The van der Waals surface area contributed by atoms with Crippen LogP contribution in [-0.4, -0.2) is 33.2 Å². The second-order valence-electron chi connectivity index (χ2n) is 10.2.